The van der Waals surface area contributed by atoms with Crippen molar-refractivity contribution in [3.8, 4) is 0 Å². The van der Waals surface area contributed by atoms with Crippen molar-refractivity contribution in [3.63, 3.8) is 0 Å². The summed E-state index contributed by atoms with van der Waals surface area (Å²) in [6.45, 7) is 0. The predicted molar refractivity (Wildman–Crippen MR) is 136 cm³/mol. The fourth-order valence-electron chi connectivity index (χ4n) is 4.11. The zero-order valence-corrected chi connectivity index (χ0v) is 19.5. The number of Topliss-reactive ketones (excluding diaryl/α,β-unsaturated/α-hetero) is 2. The van der Waals surface area contributed by atoms with Crippen molar-refractivity contribution in [1.29, 1.82) is 0 Å². The monoisotopic (exact) mass is 507 g/mol. The van der Waals surface area contributed by atoms with E-state index in [9.17, 15) is 14.4 Å². The first-order valence-electron chi connectivity index (χ1n) is 10.7. The number of hydrogen-bond donors (Lipinski definition) is 0. The number of carbonyl (C=O) groups is 3. The van der Waals surface area contributed by atoms with E-state index >= 15 is 0 Å². The van der Waals surface area contributed by atoms with E-state index in [0.717, 1.165) is 4.47 Å². The number of amides is 1. The van der Waals surface area contributed by atoms with Crippen LogP contribution in [0.1, 0.15) is 36.6 Å². The van der Waals surface area contributed by atoms with Crippen molar-refractivity contribution in [2.24, 2.45) is 0 Å². The van der Waals surface area contributed by atoms with Gasteiger partial charge in [0.15, 0.2) is 5.78 Å². The summed E-state index contributed by atoms with van der Waals surface area (Å²) < 4.78 is 0.744. The molecule has 1 aliphatic heterocycles. The Morgan fingerprint density at radius 3 is 1.91 bits per heavy atom. The van der Waals surface area contributed by atoms with Crippen molar-refractivity contribution >= 4 is 44.7 Å². The molecule has 4 aromatic rings. The van der Waals surface area contributed by atoms with Gasteiger partial charge in [-0.05, 0) is 42.0 Å². The fourth-order valence-corrected chi connectivity index (χ4v) is 4.51. The van der Waals surface area contributed by atoms with Crippen molar-refractivity contribution in [2.45, 2.75) is 0 Å². The summed E-state index contributed by atoms with van der Waals surface area (Å²) in [4.78, 5) is 42.8. The molecule has 1 amide bonds. The van der Waals surface area contributed by atoms with E-state index in [4.69, 9.17) is 0 Å². The summed E-state index contributed by atoms with van der Waals surface area (Å²) >= 11 is 3.42. The highest BCUT2D eigenvalue weighted by molar-refractivity contribution is 9.10. The van der Waals surface area contributed by atoms with Crippen LogP contribution in [0.25, 0.3) is 5.57 Å². The Labute approximate surface area is 205 Å². The minimum Gasteiger partial charge on any atom is -0.289 e. The van der Waals surface area contributed by atoms with Crippen LogP contribution in [0.5, 0.6) is 0 Å². The Bertz CT molecular complexity index is 1460. The molecule has 0 fully saturated rings. The number of nitrogens with zero attached hydrogens (tertiary/aromatic N) is 1. The Kier molecular flexibility index (Phi) is 5.78. The van der Waals surface area contributed by atoms with Crippen molar-refractivity contribution < 1.29 is 14.4 Å². The molecule has 0 bridgehead atoms. The number of hydrogen-bond acceptors (Lipinski definition) is 3. The summed E-state index contributed by atoms with van der Waals surface area (Å²) in [5, 5.41) is 0. The number of allylic oxidation sites excluding steroid dienone is 2. The first-order chi connectivity index (χ1) is 16.6. The Hall–Kier alpha value is -4.09. The van der Waals surface area contributed by atoms with Crippen LogP contribution in [0.2, 0.25) is 0 Å². The standard InChI is InChI=1S/C29H18BrNO3/c30-22-15-9-14-21(18-22)27(32)25(19-10-3-1-4-11-19)26-28(33)23-16-7-8-17-24(23)31(26)29(34)20-12-5-2-6-13-20/h1-18H/b26-25+. The van der Waals surface area contributed by atoms with Crippen LogP contribution in [0.4, 0.5) is 5.69 Å². The third-order valence-corrected chi connectivity index (χ3v) is 6.16. The first-order valence-corrected chi connectivity index (χ1v) is 11.5. The van der Waals surface area contributed by atoms with Crippen LogP contribution in [0.3, 0.4) is 0 Å². The molecule has 5 heteroatoms. The molecule has 5 rings (SSSR count). The summed E-state index contributed by atoms with van der Waals surface area (Å²) in [5.41, 5.74) is 2.50. The number of carbonyl (C=O) groups excluding carboxylic acids is 3. The quantitative estimate of drug-likeness (QED) is 0.231. The van der Waals surface area contributed by atoms with Crippen LogP contribution < -0.4 is 4.90 Å². The molecular formula is C29H18BrNO3. The summed E-state index contributed by atoms with van der Waals surface area (Å²) in [6.07, 6.45) is 0. The maximum absolute atomic E-state index is 13.9. The van der Waals surface area contributed by atoms with Gasteiger partial charge in [-0.3, -0.25) is 19.3 Å². The van der Waals surface area contributed by atoms with Gasteiger partial charge in [-0.25, -0.2) is 0 Å². The van der Waals surface area contributed by atoms with Crippen LogP contribution >= 0.6 is 15.9 Å². The zero-order chi connectivity index (χ0) is 23.7. The topological polar surface area (TPSA) is 54.5 Å². The number of ketones is 2. The number of para-hydroxylation sites is 1. The number of fused-ring (bicyclic) bond motifs is 1. The second kappa shape index (κ2) is 9.04. The lowest BCUT2D eigenvalue weighted by atomic mass is 9.93. The molecule has 164 valence electrons. The van der Waals surface area contributed by atoms with E-state index in [2.05, 4.69) is 15.9 Å². The normalized spacial score (nSPS) is 14.0. The molecule has 0 atom stereocenters. The lowest BCUT2D eigenvalue weighted by Crippen LogP contribution is -2.30. The molecule has 0 unspecified atom stereocenters. The Morgan fingerprint density at radius 2 is 1.24 bits per heavy atom. The van der Waals surface area contributed by atoms with Crippen molar-refractivity contribution in [2.75, 3.05) is 4.90 Å². The minimum atomic E-state index is -0.371. The molecular weight excluding hydrogens is 490 g/mol. The van der Waals surface area contributed by atoms with E-state index in [1.54, 1.807) is 91.0 Å². The second-order valence-electron chi connectivity index (χ2n) is 7.78. The molecule has 0 spiro atoms. The summed E-state index contributed by atoms with van der Waals surface area (Å²) in [7, 11) is 0. The molecule has 0 aromatic heterocycles. The highest BCUT2D eigenvalue weighted by Gasteiger charge is 2.40. The third kappa shape index (κ3) is 3.80. The molecule has 0 saturated heterocycles. The van der Waals surface area contributed by atoms with Gasteiger partial charge in [0, 0.05) is 21.2 Å². The lowest BCUT2D eigenvalue weighted by molar-refractivity contribution is 0.0972. The van der Waals surface area contributed by atoms with Crippen LogP contribution in [0, 0.1) is 0 Å². The van der Waals surface area contributed by atoms with Gasteiger partial charge in [-0.15, -0.1) is 0 Å². The summed E-state index contributed by atoms with van der Waals surface area (Å²) in [5.74, 6) is -1.07. The van der Waals surface area contributed by atoms with Crippen LogP contribution in [-0.4, -0.2) is 17.5 Å². The Balaban J connectivity index is 1.80. The molecule has 1 aliphatic rings. The number of benzene rings is 4. The van der Waals surface area contributed by atoms with Gasteiger partial charge in [0.1, 0.15) is 5.70 Å². The van der Waals surface area contributed by atoms with E-state index in [1.807, 2.05) is 18.2 Å². The van der Waals surface area contributed by atoms with Gasteiger partial charge in [0.25, 0.3) is 5.91 Å². The number of halogens is 1. The molecule has 4 nitrogen and oxygen atoms in total. The molecule has 34 heavy (non-hydrogen) atoms. The van der Waals surface area contributed by atoms with Gasteiger partial charge < -0.3 is 0 Å². The Morgan fingerprint density at radius 1 is 0.647 bits per heavy atom. The zero-order valence-electron chi connectivity index (χ0n) is 17.9. The van der Waals surface area contributed by atoms with Crippen LogP contribution in [0.15, 0.2) is 119 Å². The SMILES string of the molecule is O=C(/C(=C1\C(=O)c2ccccc2N1C(=O)c1ccccc1)c1ccccc1)c1cccc(Br)c1. The molecule has 1 heterocycles. The van der Waals surface area contributed by atoms with E-state index < -0.39 is 0 Å². The second-order valence-corrected chi connectivity index (χ2v) is 8.70. The van der Waals surface area contributed by atoms with Crippen molar-refractivity contribution in [1.82, 2.24) is 0 Å². The largest absolute Gasteiger partial charge is 0.289 e. The van der Waals surface area contributed by atoms with Crippen LogP contribution in [-0.2, 0) is 0 Å². The molecule has 0 aliphatic carbocycles. The van der Waals surface area contributed by atoms with E-state index in [-0.39, 0.29) is 28.7 Å². The molecule has 0 N–H and O–H groups in total. The van der Waals surface area contributed by atoms with E-state index in [1.165, 1.54) is 4.90 Å². The van der Waals surface area contributed by atoms with Gasteiger partial charge in [0.2, 0.25) is 5.78 Å². The third-order valence-electron chi connectivity index (χ3n) is 5.67. The highest BCUT2D eigenvalue weighted by Crippen LogP contribution is 2.40. The maximum atomic E-state index is 13.9. The van der Waals surface area contributed by atoms with Gasteiger partial charge in [0.05, 0.1) is 11.3 Å². The van der Waals surface area contributed by atoms with E-state index in [0.29, 0.717) is 27.9 Å². The molecule has 0 radical (unpaired) electrons. The minimum absolute atomic E-state index is 0.0613. The highest BCUT2D eigenvalue weighted by atomic mass is 79.9. The smallest absolute Gasteiger partial charge is 0.263 e. The predicted octanol–water partition coefficient (Wildman–Crippen LogP) is 6.59. The van der Waals surface area contributed by atoms with Gasteiger partial charge in [-0.1, -0.05) is 88.7 Å². The average molecular weight is 508 g/mol. The number of anilines is 1. The lowest BCUT2D eigenvalue weighted by Gasteiger charge is -2.22. The molecule has 0 saturated carbocycles. The fraction of sp³-hybridized carbons (Fsp3) is 0. The molecule has 4 aromatic carbocycles. The van der Waals surface area contributed by atoms with Gasteiger partial charge in [-0.2, -0.15) is 0 Å². The van der Waals surface area contributed by atoms with Crippen molar-refractivity contribution in [3.05, 3.63) is 142 Å². The maximum Gasteiger partial charge on any atom is 0.263 e. The average Bonchev–Trinajstić information content (AvgIpc) is 3.17. The van der Waals surface area contributed by atoms with Gasteiger partial charge >= 0.3 is 0 Å². The summed E-state index contributed by atoms with van der Waals surface area (Å²) in [6, 6.07) is 31.7. The first kappa shape index (κ1) is 21.7. The number of rotatable bonds is 4.